The summed E-state index contributed by atoms with van der Waals surface area (Å²) in [7, 11) is -1.83. The molecule has 2 unspecified atom stereocenters. The fourth-order valence-electron chi connectivity index (χ4n) is 1.84. The van der Waals surface area contributed by atoms with Crippen LogP contribution in [-0.4, -0.2) is 36.1 Å². The number of nitrogens with zero attached hydrogens (tertiary/aromatic N) is 1. The molecule has 0 heterocycles. The maximum absolute atomic E-state index is 12.3. The van der Waals surface area contributed by atoms with Gasteiger partial charge in [-0.3, -0.25) is 0 Å². The van der Waals surface area contributed by atoms with Crippen molar-refractivity contribution in [2.24, 2.45) is 11.7 Å². The Morgan fingerprint density at radius 1 is 1.35 bits per heavy atom. The first-order valence-corrected chi connectivity index (χ1v) is 7.81. The van der Waals surface area contributed by atoms with E-state index in [-0.39, 0.29) is 11.0 Å². The highest BCUT2D eigenvalue weighted by Crippen LogP contribution is 2.18. The second kappa shape index (κ2) is 6.66. The molecule has 0 saturated heterocycles. The largest absolute Gasteiger partial charge is 0.392 e. The Labute approximate surface area is 111 Å². The van der Waals surface area contributed by atoms with E-state index >= 15 is 0 Å². The molecule has 0 aliphatic heterocycles. The minimum Gasteiger partial charge on any atom is -0.392 e. The quantitative estimate of drug-likeness (QED) is 0.722. The number of sulfonamides is 1. The Bertz CT molecular complexity index is 352. The van der Waals surface area contributed by atoms with Crippen LogP contribution in [-0.2, 0) is 10.0 Å². The Balaban J connectivity index is 4.98. The Hall–Kier alpha value is -0.200. The average molecular weight is 280 g/mol. The van der Waals surface area contributed by atoms with Crippen molar-refractivity contribution in [1.82, 2.24) is 4.31 Å². The molecule has 102 valence electrons. The van der Waals surface area contributed by atoms with E-state index in [1.54, 1.807) is 14.0 Å². The van der Waals surface area contributed by atoms with Gasteiger partial charge < -0.3 is 5.73 Å². The van der Waals surface area contributed by atoms with E-state index in [0.29, 0.717) is 12.3 Å². The molecule has 0 aromatic carbocycles. The molecule has 0 aromatic rings. The normalized spacial score (nSPS) is 16.2. The van der Waals surface area contributed by atoms with Gasteiger partial charge in [-0.1, -0.05) is 33.0 Å². The molecule has 2 N–H and O–H groups in total. The van der Waals surface area contributed by atoms with Gasteiger partial charge in [0.1, 0.15) is 5.25 Å². The van der Waals surface area contributed by atoms with E-state index in [4.69, 9.17) is 18.0 Å². The lowest BCUT2D eigenvalue weighted by molar-refractivity contribution is 0.336. The zero-order chi connectivity index (χ0) is 13.8. The van der Waals surface area contributed by atoms with Gasteiger partial charge in [0.2, 0.25) is 10.0 Å². The lowest BCUT2D eigenvalue weighted by Crippen LogP contribution is -2.46. The maximum Gasteiger partial charge on any atom is 0.223 e. The van der Waals surface area contributed by atoms with Gasteiger partial charge in [-0.15, -0.1) is 0 Å². The van der Waals surface area contributed by atoms with Gasteiger partial charge in [0.05, 0.1) is 4.99 Å². The van der Waals surface area contributed by atoms with E-state index in [1.165, 1.54) is 4.31 Å². The van der Waals surface area contributed by atoms with Crippen molar-refractivity contribution in [3.8, 4) is 0 Å². The molecule has 0 fully saturated rings. The number of thiocarbonyl (C=S) groups is 1. The lowest BCUT2D eigenvalue weighted by atomic mass is 10.1. The molecule has 0 amide bonds. The van der Waals surface area contributed by atoms with Gasteiger partial charge in [-0.25, -0.2) is 12.7 Å². The topological polar surface area (TPSA) is 63.4 Å². The number of nitrogens with two attached hydrogens (primary N) is 1. The molecule has 0 aliphatic rings. The Morgan fingerprint density at radius 3 is 2.12 bits per heavy atom. The molecule has 17 heavy (non-hydrogen) atoms. The number of rotatable bonds is 7. The third-order valence-corrected chi connectivity index (χ3v) is 5.79. The predicted molar refractivity (Wildman–Crippen MR) is 76.5 cm³/mol. The summed E-state index contributed by atoms with van der Waals surface area (Å²) in [6, 6.07) is -0.0385. The third kappa shape index (κ3) is 4.52. The van der Waals surface area contributed by atoms with E-state index in [2.05, 4.69) is 13.8 Å². The molecule has 0 spiro atoms. The van der Waals surface area contributed by atoms with Crippen molar-refractivity contribution >= 4 is 27.2 Å². The molecule has 4 nitrogen and oxygen atoms in total. The molecule has 0 radical (unpaired) electrons. The van der Waals surface area contributed by atoms with Crippen LogP contribution in [0.4, 0.5) is 0 Å². The second-order valence-corrected chi connectivity index (χ2v) is 7.49. The summed E-state index contributed by atoms with van der Waals surface area (Å²) < 4.78 is 26.0. The second-order valence-electron chi connectivity index (χ2n) is 4.84. The van der Waals surface area contributed by atoms with E-state index in [9.17, 15) is 8.42 Å². The maximum atomic E-state index is 12.3. The summed E-state index contributed by atoms with van der Waals surface area (Å²) in [5, 5.41) is -0.753. The summed E-state index contributed by atoms with van der Waals surface area (Å²) in [6.07, 6.45) is 1.24. The van der Waals surface area contributed by atoms with Gasteiger partial charge >= 0.3 is 0 Å². The van der Waals surface area contributed by atoms with Crippen molar-refractivity contribution < 1.29 is 8.42 Å². The fourth-order valence-corrected chi connectivity index (χ4v) is 4.08. The third-order valence-electron chi connectivity index (χ3n) is 2.88. The number of hydrogen-bond acceptors (Lipinski definition) is 3. The van der Waals surface area contributed by atoms with Crippen LogP contribution in [0.1, 0.15) is 40.5 Å². The molecule has 0 saturated carbocycles. The van der Waals surface area contributed by atoms with Crippen LogP contribution in [0.25, 0.3) is 0 Å². The molecular formula is C11H24N2O2S2. The first-order valence-electron chi connectivity index (χ1n) is 5.90. The molecule has 0 rings (SSSR count). The van der Waals surface area contributed by atoms with Crippen LogP contribution in [0.2, 0.25) is 0 Å². The highest BCUT2D eigenvalue weighted by molar-refractivity contribution is 7.92. The minimum atomic E-state index is -3.43. The van der Waals surface area contributed by atoms with Crippen LogP contribution in [0.3, 0.4) is 0 Å². The smallest absolute Gasteiger partial charge is 0.223 e. The number of hydrogen-bond donors (Lipinski definition) is 1. The zero-order valence-electron chi connectivity index (χ0n) is 11.3. The van der Waals surface area contributed by atoms with Gasteiger partial charge in [-0.05, 0) is 25.7 Å². The van der Waals surface area contributed by atoms with Crippen molar-refractivity contribution in [2.75, 3.05) is 7.05 Å². The van der Waals surface area contributed by atoms with E-state index in [1.807, 2.05) is 6.92 Å². The lowest BCUT2D eigenvalue weighted by Gasteiger charge is -2.29. The van der Waals surface area contributed by atoms with E-state index in [0.717, 1.165) is 6.42 Å². The molecule has 0 aliphatic carbocycles. The molecule has 0 aromatic heterocycles. The van der Waals surface area contributed by atoms with Crippen molar-refractivity contribution in [1.29, 1.82) is 0 Å². The summed E-state index contributed by atoms with van der Waals surface area (Å²) >= 11 is 4.83. The molecular weight excluding hydrogens is 256 g/mol. The predicted octanol–water partition coefficient (Wildman–Crippen LogP) is 1.75. The van der Waals surface area contributed by atoms with Gasteiger partial charge in [-0.2, -0.15) is 0 Å². The van der Waals surface area contributed by atoms with Gasteiger partial charge in [0, 0.05) is 13.1 Å². The first-order chi connectivity index (χ1) is 7.64. The highest BCUT2D eigenvalue weighted by atomic mass is 32.2. The standard InChI is InChI=1S/C11H24N2O2S2/c1-6-10(11(12)16)17(14,15)13(5)9(4)7-8(2)3/h8-10H,6-7H2,1-5H3,(H2,12,16). The van der Waals surface area contributed by atoms with Crippen molar-refractivity contribution in [2.45, 2.75) is 51.8 Å². The molecule has 2 atom stereocenters. The summed E-state index contributed by atoms with van der Waals surface area (Å²) in [4.78, 5) is 0.0519. The highest BCUT2D eigenvalue weighted by Gasteiger charge is 2.33. The summed E-state index contributed by atoms with van der Waals surface area (Å²) in [5.74, 6) is 0.451. The van der Waals surface area contributed by atoms with E-state index < -0.39 is 15.3 Å². The molecule has 0 bridgehead atoms. The van der Waals surface area contributed by atoms with Crippen LogP contribution in [0, 0.1) is 5.92 Å². The zero-order valence-corrected chi connectivity index (χ0v) is 12.9. The summed E-state index contributed by atoms with van der Waals surface area (Å²) in [6.45, 7) is 7.83. The van der Waals surface area contributed by atoms with Crippen molar-refractivity contribution in [3.63, 3.8) is 0 Å². The van der Waals surface area contributed by atoms with Crippen LogP contribution in [0.5, 0.6) is 0 Å². The molecule has 6 heteroatoms. The minimum absolute atomic E-state index is 0.0385. The first kappa shape index (κ1) is 16.8. The monoisotopic (exact) mass is 280 g/mol. The average Bonchev–Trinajstić information content (AvgIpc) is 2.15. The van der Waals surface area contributed by atoms with Crippen LogP contribution in [0.15, 0.2) is 0 Å². The Kier molecular flexibility index (Phi) is 6.58. The Morgan fingerprint density at radius 2 is 1.82 bits per heavy atom. The summed E-state index contributed by atoms with van der Waals surface area (Å²) in [5.41, 5.74) is 5.50. The van der Waals surface area contributed by atoms with Gasteiger partial charge in [0.25, 0.3) is 0 Å². The van der Waals surface area contributed by atoms with Crippen molar-refractivity contribution in [3.05, 3.63) is 0 Å². The van der Waals surface area contributed by atoms with Crippen LogP contribution >= 0.6 is 12.2 Å². The van der Waals surface area contributed by atoms with Gasteiger partial charge in [0.15, 0.2) is 0 Å². The van der Waals surface area contributed by atoms with Crippen LogP contribution < -0.4 is 5.73 Å². The fraction of sp³-hybridized carbons (Fsp3) is 0.909. The SMILES string of the molecule is CCC(C(N)=S)S(=O)(=O)N(C)C(C)CC(C)C.